The zero-order chi connectivity index (χ0) is 18.5. The molecule has 6 atom stereocenters. The first-order valence-corrected chi connectivity index (χ1v) is 10.6. The van der Waals surface area contributed by atoms with Crippen LogP contribution < -0.4 is 0 Å². The smallest absolute Gasteiger partial charge is 0.321 e. The minimum absolute atomic E-state index is 0.00872. The molecule has 0 aromatic rings. The van der Waals surface area contributed by atoms with Crippen molar-refractivity contribution < 1.29 is 14.7 Å². The number of alkyl halides is 1. The van der Waals surface area contributed by atoms with Crippen molar-refractivity contribution in [1.29, 1.82) is 0 Å². The molecule has 0 aromatic carbocycles. The average Bonchev–Trinajstić information content (AvgIpc) is 2.98. The van der Waals surface area contributed by atoms with E-state index in [1.54, 1.807) is 0 Å². The fraction of sp³-hybridized carbons (Fsp3) is 0.810. The van der Waals surface area contributed by atoms with Gasteiger partial charge < -0.3 is 9.94 Å². The largest absolute Gasteiger partial charge is 0.461 e. The van der Waals surface area contributed by atoms with Crippen molar-refractivity contribution in [2.45, 2.75) is 71.3 Å². The molecule has 26 heavy (non-hydrogen) atoms. The highest BCUT2D eigenvalue weighted by atomic mass is 35.5. The number of carbonyl (C=O) groups is 1. The number of hydrogen-bond acceptors (Lipinski definition) is 4. The van der Waals surface area contributed by atoms with Crippen molar-refractivity contribution in [1.82, 2.24) is 0 Å². The number of carbonyl (C=O) groups excluding carboxylic acids is 1. The van der Waals surface area contributed by atoms with Gasteiger partial charge in [0.2, 0.25) is 0 Å². The van der Waals surface area contributed by atoms with Gasteiger partial charge in [0.15, 0.2) is 0 Å². The summed E-state index contributed by atoms with van der Waals surface area (Å²) in [5.74, 6) is 1.65. The Morgan fingerprint density at radius 1 is 1.27 bits per heavy atom. The van der Waals surface area contributed by atoms with Crippen molar-refractivity contribution in [3.8, 4) is 0 Å². The zero-order valence-corrected chi connectivity index (χ0v) is 16.6. The molecule has 0 radical (unpaired) electrons. The average molecular weight is 380 g/mol. The normalized spacial score (nSPS) is 46.1. The molecule has 3 saturated carbocycles. The molecule has 1 N–H and O–H groups in total. The van der Waals surface area contributed by atoms with Crippen LogP contribution in [0.15, 0.2) is 16.8 Å². The molecular weight excluding hydrogens is 350 g/mol. The van der Waals surface area contributed by atoms with Crippen LogP contribution in [0, 0.1) is 28.6 Å². The van der Waals surface area contributed by atoms with E-state index in [-0.39, 0.29) is 28.8 Å². The Hall–Kier alpha value is -1.03. The second-order valence-corrected chi connectivity index (χ2v) is 9.56. The molecule has 3 fully saturated rings. The van der Waals surface area contributed by atoms with Crippen LogP contribution in [-0.2, 0) is 9.53 Å². The van der Waals surface area contributed by atoms with Crippen LogP contribution in [0.25, 0.3) is 0 Å². The molecule has 0 amide bonds. The van der Waals surface area contributed by atoms with E-state index < -0.39 is 0 Å². The lowest BCUT2D eigenvalue weighted by molar-refractivity contribution is -0.148. The van der Waals surface area contributed by atoms with E-state index in [2.05, 4.69) is 25.1 Å². The summed E-state index contributed by atoms with van der Waals surface area (Å²) in [5, 5.41) is 13.1. The number of rotatable bonds is 2. The molecule has 0 bridgehead atoms. The van der Waals surface area contributed by atoms with Crippen LogP contribution in [0.5, 0.6) is 0 Å². The third-order valence-electron chi connectivity index (χ3n) is 8.33. The first-order valence-electron chi connectivity index (χ1n) is 10.1. The molecule has 0 aromatic heterocycles. The lowest BCUT2D eigenvalue weighted by Crippen LogP contribution is -2.50. The van der Waals surface area contributed by atoms with Crippen LogP contribution in [0.1, 0.15) is 65.2 Å². The molecule has 0 unspecified atom stereocenters. The SMILES string of the molecule is C[C@]12CC[C@H](OC(=O)CCl)CC1=CC[C@@H]1[C@@H]2CC[C@]2(C)/C(=N/O)CC[C@@H]12. The molecule has 0 spiro atoms. The summed E-state index contributed by atoms with van der Waals surface area (Å²) >= 11 is 5.60. The van der Waals surface area contributed by atoms with E-state index in [9.17, 15) is 10.0 Å². The maximum Gasteiger partial charge on any atom is 0.321 e. The minimum atomic E-state index is -0.301. The Balaban J connectivity index is 1.56. The summed E-state index contributed by atoms with van der Waals surface area (Å²) in [6.45, 7) is 4.76. The lowest BCUT2D eigenvalue weighted by Gasteiger charge is -2.57. The van der Waals surface area contributed by atoms with Crippen molar-refractivity contribution in [2.24, 2.45) is 33.7 Å². The maximum atomic E-state index is 11.6. The Morgan fingerprint density at radius 2 is 2.00 bits per heavy atom. The van der Waals surface area contributed by atoms with Crippen molar-refractivity contribution in [3.63, 3.8) is 0 Å². The number of ether oxygens (including phenoxy) is 1. The number of halogens is 1. The predicted octanol–water partition coefficient (Wildman–Crippen LogP) is 4.93. The Bertz CT molecular complexity index is 660. The molecule has 4 aliphatic rings. The van der Waals surface area contributed by atoms with Crippen molar-refractivity contribution in [2.75, 3.05) is 5.88 Å². The quantitative estimate of drug-likeness (QED) is 0.243. The third-order valence-corrected chi connectivity index (χ3v) is 8.55. The van der Waals surface area contributed by atoms with Crippen molar-refractivity contribution in [3.05, 3.63) is 11.6 Å². The first kappa shape index (κ1) is 18.3. The molecule has 4 nitrogen and oxygen atoms in total. The van der Waals surface area contributed by atoms with Crippen LogP contribution in [0.2, 0.25) is 0 Å². The van der Waals surface area contributed by atoms with Crippen molar-refractivity contribution >= 4 is 23.3 Å². The standard InChI is InChI=1S/C21H30ClNO3/c1-20-9-7-14(26-19(24)12-22)11-13(20)3-4-15-16-5-6-18(23-25)21(16,2)10-8-17(15)20/h3,14-17,25H,4-12H2,1-2H3/b23-18+/t14-,15-,16-,17-,20-,21-/m0/s1. The second-order valence-electron chi connectivity index (χ2n) is 9.29. The fourth-order valence-corrected chi connectivity index (χ4v) is 6.96. The van der Waals surface area contributed by atoms with E-state index in [0.29, 0.717) is 17.8 Å². The van der Waals surface area contributed by atoms with Gasteiger partial charge >= 0.3 is 5.97 Å². The molecular formula is C21H30ClNO3. The molecule has 144 valence electrons. The number of fused-ring (bicyclic) bond motifs is 5. The molecule has 0 saturated heterocycles. The Labute approximate surface area is 161 Å². The lowest BCUT2D eigenvalue weighted by atomic mass is 9.48. The van der Waals surface area contributed by atoms with Gasteiger partial charge in [-0.05, 0) is 68.1 Å². The minimum Gasteiger partial charge on any atom is -0.461 e. The summed E-state index contributed by atoms with van der Waals surface area (Å²) in [7, 11) is 0. The highest BCUT2D eigenvalue weighted by Gasteiger charge is 2.58. The first-order chi connectivity index (χ1) is 12.4. The van der Waals surface area contributed by atoms with Gasteiger partial charge in [0.25, 0.3) is 0 Å². The topological polar surface area (TPSA) is 58.9 Å². The zero-order valence-electron chi connectivity index (χ0n) is 15.8. The number of oxime groups is 1. The highest BCUT2D eigenvalue weighted by molar-refractivity contribution is 6.26. The van der Waals surface area contributed by atoms with E-state index in [1.165, 1.54) is 12.0 Å². The molecule has 0 aliphatic heterocycles. The molecule has 5 heteroatoms. The maximum absolute atomic E-state index is 11.6. The third kappa shape index (κ3) is 2.63. The molecule has 4 aliphatic carbocycles. The van der Waals surface area contributed by atoms with E-state index in [1.807, 2.05) is 0 Å². The van der Waals surface area contributed by atoms with Crippen LogP contribution >= 0.6 is 11.6 Å². The summed E-state index contributed by atoms with van der Waals surface area (Å²) < 4.78 is 5.53. The number of nitrogens with zero attached hydrogens (tertiary/aromatic N) is 1. The fourth-order valence-electron chi connectivity index (χ4n) is 6.90. The number of allylic oxidation sites excluding steroid dienone is 1. The predicted molar refractivity (Wildman–Crippen MR) is 102 cm³/mol. The van der Waals surface area contributed by atoms with Gasteiger partial charge in [-0.3, -0.25) is 4.79 Å². The van der Waals surface area contributed by atoms with Crippen LogP contribution in [0.4, 0.5) is 0 Å². The summed E-state index contributed by atoms with van der Waals surface area (Å²) in [6.07, 6.45) is 10.9. The van der Waals surface area contributed by atoms with Crippen LogP contribution in [-0.4, -0.2) is 28.9 Å². The van der Waals surface area contributed by atoms with Gasteiger partial charge in [-0.25, -0.2) is 0 Å². The van der Waals surface area contributed by atoms with E-state index in [0.717, 1.165) is 50.7 Å². The van der Waals surface area contributed by atoms with Gasteiger partial charge in [-0.15, -0.1) is 11.6 Å². The van der Waals surface area contributed by atoms with Crippen LogP contribution in [0.3, 0.4) is 0 Å². The Morgan fingerprint density at radius 3 is 2.73 bits per heavy atom. The number of esters is 1. The van der Waals surface area contributed by atoms with Gasteiger partial charge in [0, 0.05) is 11.8 Å². The second kappa shape index (κ2) is 6.54. The molecule has 4 rings (SSSR count). The number of hydrogen-bond donors (Lipinski definition) is 1. The van der Waals surface area contributed by atoms with E-state index >= 15 is 0 Å². The summed E-state index contributed by atoms with van der Waals surface area (Å²) in [6, 6.07) is 0. The summed E-state index contributed by atoms with van der Waals surface area (Å²) in [5.41, 5.74) is 2.84. The molecule has 0 heterocycles. The highest BCUT2D eigenvalue weighted by Crippen LogP contribution is 2.64. The van der Waals surface area contributed by atoms with Gasteiger partial charge in [-0.1, -0.05) is 30.7 Å². The van der Waals surface area contributed by atoms with Gasteiger partial charge in [0.05, 0.1) is 5.71 Å². The van der Waals surface area contributed by atoms with Gasteiger partial charge in [-0.2, -0.15) is 0 Å². The van der Waals surface area contributed by atoms with E-state index in [4.69, 9.17) is 16.3 Å². The monoisotopic (exact) mass is 379 g/mol. The Kier molecular flexibility index (Phi) is 4.61. The van der Waals surface area contributed by atoms with Gasteiger partial charge in [0.1, 0.15) is 12.0 Å². The summed E-state index contributed by atoms with van der Waals surface area (Å²) in [4.78, 5) is 11.6.